The van der Waals surface area contributed by atoms with Gasteiger partial charge in [0.25, 0.3) is 0 Å². The molecule has 1 aliphatic rings. The number of nitriles is 2. The van der Waals surface area contributed by atoms with E-state index in [2.05, 4.69) is 6.92 Å². The van der Waals surface area contributed by atoms with Gasteiger partial charge in [-0.25, -0.2) is 0 Å². The Kier molecular flexibility index (Phi) is 3.53. The fraction of sp³-hybridized carbons (Fsp3) is 0.636. The molecule has 13 heavy (non-hydrogen) atoms. The highest BCUT2D eigenvalue weighted by molar-refractivity contribution is 5.40. The molecule has 2 nitrogen and oxygen atoms in total. The molecule has 0 saturated heterocycles. The summed E-state index contributed by atoms with van der Waals surface area (Å²) in [5.41, 5.74) is 1.45. The summed E-state index contributed by atoms with van der Waals surface area (Å²) in [4.78, 5) is 0. The van der Waals surface area contributed by atoms with Crippen LogP contribution in [0.25, 0.3) is 0 Å². The van der Waals surface area contributed by atoms with Crippen LogP contribution in [0.4, 0.5) is 0 Å². The SMILES string of the molecule is CCC1CCCC(=C(C#N)C#N)C1. The smallest absolute Gasteiger partial charge is 0.128 e. The van der Waals surface area contributed by atoms with Crippen LogP contribution in [0.3, 0.4) is 0 Å². The fourth-order valence-electron chi connectivity index (χ4n) is 1.92. The molecule has 0 amide bonds. The summed E-state index contributed by atoms with van der Waals surface area (Å²) in [5.74, 6) is 0.695. The highest BCUT2D eigenvalue weighted by Gasteiger charge is 2.18. The molecule has 1 rings (SSSR count). The van der Waals surface area contributed by atoms with Crippen molar-refractivity contribution in [2.45, 2.75) is 39.0 Å². The molecule has 1 aliphatic carbocycles. The summed E-state index contributed by atoms with van der Waals surface area (Å²) in [5, 5.41) is 17.4. The van der Waals surface area contributed by atoms with Gasteiger partial charge in [0.15, 0.2) is 0 Å². The van der Waals surface area contributed by atoms with Crippen LogP contribution in [0.15, 0.2) is 11.1 Å². The molecule has 0 radical (unpaired) electrons. The maximum atomic E-state index is 8.71. The average molecular weight is 174 g/mol. The van der Waals surface area contributed by atoms with Gasteiger partial charge in [-0.2, -0.15) is 10.5 Å². The largest absolute Gasteiger partial charge is 0.192 e. The van der Waals surface area contributed by atoms with Crippen molar-refractivity contribution in [3.63, 3.8) is 0 Å². The Morgan fingerprint density at radius 1 is 1.46 bits per heavy atom. The zero-order valence-electron chi connectivity index (χ0n) is 8.01. The lowest BCUT2D eigenvalue weighted by molar-refractivity contribution is 0.406. The van der Waals surface area contributed by atoms with Gasteiger partial charge in [-0.05, 0) is 37.2 Å². The van der Waals surface area contributed by atoms with Crippen LogP contribution in [0, 0.1) is 28.6 Å². The Labute approximate surface area is 79.5 Å². The Bertz CT molecular complexity index is 272. The summed E-state index contributed by atoms with van der Waals surface area (Å²) < 4.78 is 0. The van der Waals surface area contributed by atoms with Gasteiger partial charge in [-0.1, -0.05) is 13.3 Å². The minimum atomic E-state index is 0.359. The molecule has 1 saturated carbocycles. The average Bonchev–Trinajstić information content (AvgIpc) is 2.20. The molecular weight excluding hydrogens is 160 g/mol. The molecule has 0 aliphatic heterocycles. The summed E-state index contributed by atoms with van der Waals surface area (Å²) in [6.07, 6.45) is 5.47. The van der Waals surface area contributed by atoms with Crippen LogP contribution in [-0.2, 0) is 0 Å². The second kappa shape index (κ2) is 4.67. The number of hydrogen-bond donors (Lipinski definition) is 0. The number of hydrogen-bond acceptors (Lipinski definition) is 2. The van der Waals surface area contributed by atoms with Gasteiger partial charge in [-0.15, -0.1) is 0 Å². The van der Waals surface area contributed by atoms with Gasteiger partial charge in [0.05, 0.1) is 0 Å². The molecule has 0 aromatic heterocycles. The van der Waals surface area contributed by atoms with E-state index in [-0.39, 0.29) is 0 Å². The maximum absolute atomic E-state index is 8.71. The lowest BCUT2D eigenvalue weighted by Crippen LogP contribution is -2.08. The van der Waals surface area contributed by atoms with Crippen LogP contribution in [0.5, 0.6) is 0 Å². The second-order valence-electron chi connectivity index (χ2n) is 3.57. The quantitative estimate of drug-likeness (QED) is 0.574. The molecule has 68 valence electrons. The molecule has 1 atom stereocenters. The Balaban J connectivity index is 2.77. The van der Waals surface area contributed by atoms with E-state index in [1.165, 1.54) is 6.42 Å². The third-order valence-electron chi connectivity index (χ3n) is 2.78. The minimum absolute atomic E-state index is 0.359. The van der Waals surface area contributed by atoms with Crippen LogP contribution in [0.2, 0.25) is 0 Å². The monoisotopic (exact) mass is 174 g/mol. The molecule has 0 spiro atoms. The van der Waals surface area contributed by atoms with Gasteiger partial charge >= 0.3 is 0 Å². The third kappa shape index (κ3) is 2.33. The van der Waals surface area contributed by atoms with Crippen LogP contribution >= 0.6 is 0 Å². The molecule has 1 fully saturated rings. The lowest BCUT2D eigenvalue weighted by atomic mass is 9.82. The van der Waals surface area contributed by atoms with E-state index in [1.807, 2.05) is 12.1 Å². The molecule has 0 aromatic rings. The highest BCUT2D eigenvalue weighted by Crippen LogP contribution is 2.31. The Morgan fingerprint density at radius 2 is 2.15 bits per heavy atom. The minimum Gasteiger partial charge on any atom is -0.192 e. The summed E-state index contributed by atoms with van der Waals surface area (Å²) in [6.45, 7) is 2.17. The molecule has 0 N–H and O–H groups in total. The molecule has 1 unspecified atom stereocenters. The molecule has 0 aromatic carbocycles. The van der Waals surface area contributed by atoms with Crippen molar-refractivity contribution in [1.82, 2.24) is 0 Å². The lowest BCUT2D eigenvalue weighted by Gasteiger charge is -2.22. The zero-order chi connectivity index (χ0) is 9.68. The third-order valence-corrected chi connectivity index (χ3v) is 2.78. The van der Waals surface area contributed by atoms with E-state index in [0.29, 0.717) is 11.5 Å². The first-order valence-corrected chi connectivity index (χ1v) is 4.84. The molecule has 2 heteroatoms. The van der Waals surface area contributed by atoms with Gasteiger partial charge in [-0.3, -0.25) is 0 Å². The van der Waals surface area contributed by atoms with Gasteiger partial charge < -0.3 is 0 Å². The second-order valence-corrected chi connectivity index (χ2v) is 3.57. The highest BCUT2D eigenvalue weighted by atomic mass is 14.3. The van der Waals surface area contributed by atoms with Crippen LogP contribution in [-0.4, -0.2) is 0 Å². The Hall–Kier alpha value is -1.28. The summed E-state index contributed by atoms with van der Waals surface area (Å²) in [7, 11) is 0. The van der Waals surface area contributed by atoms with Crippen molar-refractivity contribution >= 4 is 0 Å². The van der Waals surface area contributed by atoms with E-state index >= 15 is 0 Å². The van der Waals surface area contributed by atoms with E-state index in [1.54, 1.807) is 0 Å². The van der Waals surface area contributed by atoms with E-state index in [0.717, 1.165) is 31.3 Å². The molecule has 0 bridgehead atoms. The predicted molar refractivity (Wildman–Crippen MR) is 50.5 cm³/mol. The van der Waals surface area contributed by atoms with Crippen LogP contribution in [0.1, 0.15) is 39.0 Å². The number of nitrogens with zero attached hydrogens (tertiary/aromatic N) is 2. The van der Waals surface area contributed by atoms with Crippen molar-refractivity contribution in [2.24, 2.45) is 5.92 Å². The number of allylic oxidation sites excluding steroid dienone is 2. The normalized spacial score (nSPS) is 21.8. The van der Waals surface area contributed by atoms with Gasteiger partial charge in [0.2, 0.25) is 0 Å². The predicted octanol–water partition coefficient (Wildman–Crippen LogP) is 2.93. The van der Waals surface area contributed by atoms with Gasteiger partial charge in [0, 0.05) is 0 Å². The fourth-order valence-corrected chi connectivity index (χ4v) is 1.92. The standard InChI is InChI=1S/C11H14N2/c1-2-9-4-3-5-10(6-9)11(7-12)8-13/h9H,2-6H2,1H3. The van der Waals surface area contributed by atoms with E-state index in [4.69, 9.17) is 10.5 Å². The topological polar surface area (TPSA) is 47.6 Å². The van der Waals surface area contributed by atoms with Gasteiger partial charge in [0.1, 0.15) is 17.7 Å². The van der Waals surface area contributed by atoms with Crippen molar-refractivity contribution in [2.75, 3.05) is 0 Å². The summed E-state index contributed by atoms with van der Waals surface area (Å²) >= 11 is 0. The van der Waals surface area contributed by atoms with E-state index < -0.39 is 0 Å². The summed E-state index contributed by atoms with van der Waals surface area (Å²) in [6, 6.07) is 3.97. The maximum Gasteiger partial charge on any atom is 0.128 e. The first-order valence-electron chi connectivity index (χ1n) is 4.84. The molecule has 0 heterocycles. The van der Waals surface area contributed by atoms with E-state index in [9.17, 15) is 0 Å². The first kappa shape index (κ1) is 9.81. The van der Waals surface area contributed by atoms with Crippen molar-refractivity contribution in [1.29, 1.82) is 10.5 Å². The first-order chi connectivity index (χ1) is 6.31. The molecular formula is C11H14N2. The number of rotatable bonds is 1. The van der Waals surface area contributed by atoms with Crippen LogP contribution < -0.4 is 0 Å². The van der Waals surface area contributed by atoms with Crippen molar-refractivity contribution in [3.05, 3.63) is 11.1 Å². The van der Waals surface area contributed by atoms with Crippen molar-refractivity contribution < 1.29 is 0 Å². The Morgan fingerprint density at radius 3 is 2.69 bits per heavy atom. The zero-order valence-corrected chi connectivity index (χ0v) is 8.01. The van der Waals surface area contributed by atoms with Crippen molar-refractivity contribution in [3.8, 4) is 12.1 Å².